The minimum absolute atomic E-state index is 0.359. The van der Waals surface area contributed by atoms with Crippen molar-refractivity contribution in [1.82, 2.24) is 4.90 Å². The predicted octanol–water partition coefficient (Wildman–Crippen LogP) is -0.301. The fourth-order valence-electron chi connectivity index (χ4n) is 1.72. The molecular weight excluding hydrogens is 208 g/mol. The number of hydrogen-bond donors (Lipinski definition) is 1. The van der Waals surface area contributed by atoms with Crippen molar-refractivity contribution >= 4 is 0 Å². The van der Waals surface area contributed by atoms with Crippen molar-refractivity contribution in [2.45, 2.75) is 12.5 Å². The van der Waals surface area contributed by atoms with Crippen molar-refractivity contribution in [2.24, 2.45) is 5.73 Å². The van der Waals surface area contributed by atoms with Gasteiger partial charge in [-0.05, 0) is 13.0 Å². The van der Waals surface area contributed by atoms with Crippen molar-refractivity contribution in [3.63, 3.8) is 0 Å². The molecule has 0 aromatic carbocycles. The van der Waals surface area contributed by atoms with Crippen LogP contribution in [0.4, 0.5) is 0 Å². The van der Waals surface area contributed by atoms with E-state index in [1.807, 2.05) is 0 Å². The maximum Gasteiger partial charge on any atom is 0.0701 e. The Hall–Kier alpha value is -0.200. The van der Waals surface area contributed by atoms with E-state index in [0.717, 1.165) is 32.7 Å². The van der Waals surface area contributed by atoms with E-state index in [-0.39, 0.29) is 0 Å². The first kappa shape index (κ1) is 13.9. The Morgan fingerprint density at radius 3 is 2.44 bits per heavy atom. The van der Waals surface area contributed by atoms with Crippen molar-refractivity contribution in [2.75, 3.05) is 59.8 Å². The molecule has 1 aliphatic rings. The van der Waals surface area contributed by atoms with Crippen molar-refractivity contribution in [3.8, 4) is 0 Å². The third-order valence-corrected chi connectivity index (χ3v) is 2.66. The van der Waals surface area contributed by atoms with Gasteiger partial charge in [-0.3, -0.25) is 4.90 Å². The third-order valence-electron chi connectivity index (χ3n) is 2.66. The van der Waals surface area contributed by atoms with Crippen molar-refractivity contribution in [3.05, 3.63) is 0 Å². The van der Waals surface area contributed by atoms with Crippen LogP contribution in [0, 0.1) is 0 Å². The molecule has 0 bridgehead atoms. The summed E-state index contributed by atoms with van der Waals surface area (Å²) in [6.45, 7) is 6.44. The molecule has 5 nitrogen and oxygen atoms in total. The summed E-state index contributed by atoms with van der Waals surface area (Å²) < 4.78 is 15.6. The first-order valence-corrected chi connectivity index (χ1v) is 5.95. The van der Waals surface area contributed by atoms with Gasteiger partial charge in [-0.2, -0.15) is 0 Å². The molecular formula is C11H24N2O3. The lowest BCUT2D eigenvalue weighted by Crippen LogP contribution is -2.29. The van der Waals surface area contributed by atoms with E-state index in [9.17, 15) is 0 Å². The largest absolute Gasteiger partial charge is 0.382 e. The maximum absolute atomic E-state index is 5.81. The van der Waals surface area contributed by atoms with E-state index in [4.69, 9.17) is 19.9 Å². The Kier molecular flexibility index (Phi) is 7.71. The monoisotopic (exact) mass is 232 g/mol. The molecule has 1 rings (SSSR count). The highest BCUT2D eigenvalue weighted by Crippen LogP contribution is 2.05. The molecule has 96 valence electrons. The van der Waals surface area contributed by atoms with Crippen molar-refractivity contribution in [1.29, 1.82) is 0 Å². The number of methoxy groups -OCH3 is 1. The summed E-state index contributed by atoms with van der Waals surface area (Å²) in [6.07, 6.45) is 1.11. The fraction of sp³-hybridized carbons (Fsp3) is 1.00. The second-order valence-corrected chi connectivity index (χ2v) is 4.07. The van der Waals surface area contributed by atoms with Gasteiger partial charge < -0.3 is 19.9 Å². The fourth-order valence-corrected chi connectivity index (χ4v) is 1.72. The number of ether oxygens (including phenoxy) is 3. The number of likely N-dealkylation sites (tertiary alicyclic amines) is 1. The Labute approximate surface area is 97.8 Å². The molecule has 16 heavy (non-hydrogen) atoms. The summed E-state index contributed by atoms with van der Waals surface area (Å²) in [5.41, 5.74) is 5.81. The van der Waals surface area contributed by atoms with Crippen LogP contribution < -0.4 is 5.73 Å². The summed E-state index contributed by atoms with van der Waals surface area (Å²) in [6, 6.07) is 0.359. The molecule has 0 aromatic rings. The van der Waals surface area contributed by atoms with Gasteiger partial charge in [0, 0.05) is 26.2 Å². The quantitative estimate of drug-likeness (QED) is 0.553. The maximum atomic E-state index is 5.81. The zero-order valence-electron chi connectivity index (χ0n) is 10.2. The first-order valence-electron chi connectivity index (χ1n) is 5.95. The second-order valence-electron chi connectivity index (χ2n) is 4.07. The normalized spacial score (nSPS) is 21.8. The molecule has 1 atom stereocenters. The van der Waals surface area contributed by atoms with Gasteiger partial charge in [0.25, 0.3) is 0 Å². The van der Waals surface area contributed by atoms with Crippen LogP contribution in [0.15, 0.2) is 0 Å². The SMILES string of the molecule is COCCOCCOCCN1CC[C@@H](N)C1. The lowest BCUT2D eigenvalue weighted by atomic mass is 10.3. The van der Waals surface area contributed by atoms with E-state index in [2.05, 4.69) is 4.90 Å². The molecule has 0 saturated carbocycles. The molecule has 1 saturated heterocycles. The van der Waals surface area contributed by atoms with Crippen LogP contribution in [0.3, 0.4) is 0 Å². The van der Waals surface area contributed by atoms with Gasteiger partial charge >= 0.3 is 0 Å². The highest BCUT2D eigenvalue weighted by molar-refractivity contribution is 4.77. The minimum Gasteiger partial charge on any atom is -0.382 e. The average Bonchev–Trinajstić information content (AvgIpc) is 2.68. The lowest BCUT2D eigenvalue weighted by molar-refractivity contribution is 0.0207. The third kappa shape index (κ3) is 6.40. The molecule has 5 heteroatoms. The van der Waals surface area contributed by atoms with E-state index in [1.165, 1.54) is 0 Å². The van der Waals surface area contributed by atoms with E-state index < -0.39 is 0 Å². The van der Waals surface area contributed by atoms with Crippen LogP contribution in [0.2, 0.25) is 0 Å². The Bertz CT molecular complexity index is 169. The zero-order chi connectivity index (χ0) is 11.6. The Balaban J connectivity index is 1.78. The van der Waals surface area contributed by atoms with Gasteiger partial charge in [-0.1, -0.05) is 0 Å². The summed E-state index contributed by atoms with van der Waals surface area (Å²) in [5.74, 6) is 0. The molecule has 0 radical (unpaired) electrons. The van der Waals surface area contributed by atoms with Crippen LogP contribution in [-0.2, 0) is 14.2 Å². The molecule has 0 amide bonds. The molecule has 0 aromatic heterocycles. The van der Waals surface area contributed by atoms with Crippen LogP contribution in [-0.4, -0.2) is 70.7 Å². The van der Waals surface area contributed by atoms with E-state index in [0.29, 0.717) is 32.5 Å². The van der Waals surface area contributed by atoms with Gasteiger partial charge in [0.2, 0.25) is 0 Å². The molecule has 0 unspecified atom stereocenters. The summed E-state index contributed by atoms with van der Waals surface area (Å²) in [5, 5.41) is 0. The highest BCUT2D eigenvalue weighted by Gasteiger charge is 2.17. The van der Waals surface area contributed by atoms with Gasteiger partial charge in [-0.25, -0.2) is 0 Å². The van der Waals surface area contributed by atoms with Gasteiger partial charge in [-0.15, -0.1) is 0 Å². The first-order chi connectivity index (χ1) is 7.83. The predicted molar refractivity (Wildman–Crippen MR) is 62.5 cm³/mol. The minimum atomic E-state index is 0.359. The summed E-state index contributed by atoms with van der Waals surface area (Å²) >= 11 is 0. The average molecular weight is 232 g/mol. The van der Waals surface area contributed by atoms with Crippen LogP contribution in [0.25, 0.3) is 0 Å². The van der Waals surface area contributed by atoms with Gasteiger partial charge in [0.05, 0.1) is 33.0 Å². The number of rotatable bonds is 9. The van der Waals surface area contributed by atoms with Crippen LogP contribution >= 0.6 is 0 Å². The smallest absolute Gasteiger partial charge is 0.0701 e. The van der Waals surface area contributed by atoms with Crippen LogP contribution in [0.5, 0.6) is 0 Å². The molecule has 0 aliphatic carbocycles. The van der Waals surface area contributed by atoms with E-state index in [1.54, 1.807) is 7.11 Å². The Morgan fingerprint density at radius 1 is 1.12 bits per heavy atom. The number of hydrogen-bond acceptors (Lipinski definition) is 5. The zero-order valence-corrected chi connectivity index (χ0v) is 10.2. The van der Waals surface area contributed by atoms with Crippen molar-refractivity contribution < 1.29 is 14.2 Å². The van der Waals surface area contributed by atoms with Gasteiger partial charge in [0.15, 0.2) is 0 Å². The molecule has 2 N–H and O–H groups in total. The summed E-state index contributed by atoms with van der Waals surface area (Å²) in [7, 11) is 1.67. The Morgan fingerprint density at radius 2 is 1.81 bits per heavy atom. The van der Waals surface area contributed by atoms with E-state index >= 15 is 0 Å². The van der Waals surface area contributed by atoms with Gasteiger partial charge in [0.1, 0.15) is 0 Å². The molecule has 1 heterocycles. The van der Waals surface area contributed by atoms with Crippen LogP contribution in [0.1, 0.15) is 6.42 Å². The molecule has 1 fully saturated rings. The molecule has 0 spiro atoms. The summed E-state index contributed by atoms with van der Waals surface area (Å²) in [4.78, 5) is 2.34. The number of nitrogens with zero attached hydrogens (tertiary/aromatic N) is 1. The number of nitrogens with two attached hydrogens (primary N) is 1. The topological polar surface area (TPSA) is 57.0 Å². The molecule has 1 aliphatic heterocycles. The second kappa shape index (κ2) is 8.90. The lowest BCUT2D eigenvalue weighted by Gasteiger charge is -2.14. The highest BCUT2D eigenvalue weighted by atomic mass is 16.5. The standard InChI is InChI=1S/C11H24N2O3/c1-14-6-7-16-9-8-15-5-4-13-3-2-11(12)10-13/h11H,2-10,12H2,1H3/t11-/m1/s1.